The van der Waals surface area contributed by atoms with Gasteiger partial charge in [0.05, 0.1) is 55.9 Å². The first-order valence-corrected chi connectivity index (χ1v) is 26.8. The summed E-state index contributed by atoms with van der Waals surface area (Å²) in [7, 11) is 0. The third-order valence-electron chi connectivity index (χ3n) is 15.4. The van der Waals surface area contributed by atoms with Crippen LogP contribution in [0.5, 0.6) is 0 Å². The Labute approximate surface area is 463 Å². The number of pyridine rings is 2. The second-order valence-electron chi connectivity index (χ2n) is 20.1. The van der Waals surface area contributed by atoms with E-state index in [1.54, 1.807) is 0 Å². The van der Waals surface area contributed by atoms with Gasteiger partial charge >= 0.3 is 0 Å². The van der Waals surface area contributed by atoms with Crippen molar-refractivity contribution in [2.75, 3.05) is 0 Å². The first-order valence-electron chi connectivity index (χ1n) is 26.8. The van der Waals surface area contributed by atoms with E-state index in [9.17, 15) is 0 Å². The van der Waals surface area contributed by atoms with E-state index in [0.29, 0.717) is 23.5 Å². The highest BCUT2D eigenvalue weighted by atomic mass is 15.3. The summed E-state index contributed by atoms with van der Waals surface area (Å²) in [5.74, 6) is 2.49. The molecule has 0 aliphatic rings. The van der Waals surface area contributed by atoms with Crippen LogP contribution in [0, 0.1) is 0 Å². The minimum absolute atomic E-state index is 0.566. The molecule has 378 valence electrons. The predicted octanol–water partition coefficient (Wildman–Crippen LogP) is 16.1. The zero-order valence-electron chi connectivity index (χ0n) is 43.2. The van der Waals surface area contributed by atoms with Crippen LogP contribution in [0.3, 0.4) is 0 Å². The van der Waals surface area contributed by atoms with Crippen molar-refractivity contribution in [1.82, 2.24) is 53.8 Å². The number of hydrogen-bond donors (Lipinski definition) is 0. The number of nitrogens with zero attached hydrogens (tertiary/aromatic N) is 11. The summed E-state index contributed by atoms with van der Waals surface area (Å²) in [5, 5.41) is 16.4. The number of aromatic nitrogens is 11. The molecule has 16 rings (SSSR count). The third-order valence-corrected chi connectivity index (χ3v) is 15.4. The fraction of sp³-hybridized carbons (Fsp3) is 0. The summed E-state index contributed by atoms with van der Waals surface area (Å²) in [5.41, 5.74) is 15.8. The Morgan fingerprint density at radius 2 is 0.642 bits per heavy atom. The van der Waals surface area contributed by atoms with Gasteiger partial charge in [-0.15, -0.1) is 10.2 Å². The van der Waals surface area contributed by atoms with Gasteiger partial charge in [0.25, 0.3) is 0 Å². The SMILES string of the molecule is c1ccc(-n2c(-c3ccc4c5ccccc5n(-c5nc(-c6ccc(-c7ccccn7)cc6)c6ccccc6n5)c4c3)nnc2-c2ccc3c4ccccc4n(-c4nc(-c5ccc(-c6ccccn6)cc5)c5ccccc5n4)c3c2)cc1. The molecule has 11 nitrogen and oxygen atoms in total. The molecule has 81 heavy (non-hydrogen) atoms. The highest BCUT2D eigenvalue weighted by Crippen LogP contribution is 2.40. The lowest BCUT2D eigenvalue weighted by atomic mass is 10.0. The molecule has 0 aliphatic carbocycles. The molecular weight excluding hydrogens is 995 g/mol. The summed E-state index contributed by atoms with van der Waals surface area (Å²) < 4.78 is 6.52. The third kappa shape index (κ3) is 7.66. The smallest absolute Gasteiger partial charge is 0.235 e. The molecule has 9 aromatic carbocycles. The second kappa shape index (κ2) is 18.7. The quantitative estimate of drug-likeness (QED) is 0.140. The number of benzene rings is 9. The van der Waals surface area contributed by atoms with E-state index in [0.717, 1.165) is 127 Å². The van der Waals surface area contributed by atoms with E-state index >= 15 is 0 Å². The van der Waals surface area contributed by atoms with Gasteiger partial charge in [-0.3, -0.25) is 23.7 Å². The molecule has 0 saturated heterocycles. The first-order chi connectivity index (χ1) is 40.2. The zero-order chi connectivity index (χ0) is 53.4. The van der Waals surface area contributed by atoms with Gasteiger partial charge in [0.1, 0.15) is 0 Å². The van der Waals surface area contributed by atoms with Gasteiger partial charge in [-0.25, -0.2) is 19.9 Å². The summed E-state index contributed by atoms with van der Waals surface area (Å²) in [6.07, 6.45) is 3.64. The zero-order valence-corrected chi connectivity index (χ0v) is 43.2. The summed E-state index contributed by atoms with van der Waals surface area (Å²) in [6, 6.07) is 85.6. The fourth-order valence-corrected chi connectivity index (χ4v) is 11.6. The van der Waals surface area contributed by atoms with Crippen LogP contribution in [0.2, 0.25) is 0 Å². The maximum absolute atomic E-state index is 5.44. The van der Waals surface area contributed by atoms with Crippen molar-refractivity contribution in [3.05, 3.63) is 261 Å². The van der Waals surface area contributed by atoms with Crippen LogP contribution in [0.25, 0.3) is 151 Å². The maximum atomic E-state index is 5.44. The van der Waals surface area contributed by atoms with Gasteiger partial charge in [-0.2, -0.15) is 0 Å². The van der Waals surface area contributed by atoms with Gasteiger partial charge < -0.3 is 0 Å². The molecule has 0 fully saturated rings. The molecule has 16 aromatic rings. The molecule has 0 unspecified atom stereocenters. The van der Waals surface area contributed by atoms with Crippen LogP contribution in [0.15, 0.2) is 261 Å². The van der Waals surface area contributed by atoms with Gasteiger partial charge in [0.15, 0.2) is 11.6 Å². The number of hydrogen-bond acceptors (Lipinski definition) is 8. The van der Waals surface area contributed by atoms with Gasteiger partial charge in [-0.1, -0.05) is 176 Å². The molecule has 0 N–H and O–H groups in total. The Kier molecular flexibility index (Phi) is 10.6. The largest absolute Gasteiger partial charge is 0.278 e. The van der Waals surface area contributed by atoms with E-state index in [1.165, 1.54) is 0 Å². The Morgan fingerprint density at radius 3 is 1.10 bits per heavy atom. The lowest BCUT2D eigenvalue weighted by Gasteiger charge is -2.14. The van der Waals surface area contributed by atoms with Gasteiger partial charge in [0, 0.05) is 83.8 Å². The van der Waals surface area contributed by atoms with Crippen molar-refractivity contribution in [2.45, 2.75) is 0 Å². The highest BCUT2D eigenvalue weighted by Gasteiger charge is 2.24. The van der Waals surface area contributed by atoms with Crippen molar-refractivity contribution in [3.8, 4) is 85.4 Å². The highest BCUT2D eigenvalue weighted by molar-refractivity contribution is 6.11. The molecular formula is C70H43N11. The van der Waals surface area contributed by atoms with E-state index < -0.39 is 0 Å². The molecule has 0 amide bonds. The van der Waals surface area contributed by atoms with Crippen molar-refractivity contribution in [3.63, 3.8) is 0 Å². The lowest BCUT2D eigenvalue weighted by molar-refractivity contribution is 1.01. The van der Waals surface area contributed by atoms with Crippen molar-refractivity contribution < 1.29 is 0 Å². The summed E-state index contributed by atoms with van der Waals surface area (Å²) in [4.78, 5) is 30.6. The van der Waals surface area contributed by atoms with Crippen LogP contribution in [-0.2, 0) is 0 Å². The minimum Gasteiger partial charge on any atom is -0.278 e. The average Bonchev–Trinajstić information content (AvgIpc) is 4.42. The summed E-state index contributed by atoms with van der Waals surface area (Å²) in [6.45, 7) is 0. The molecule has 0 aliphatic heterocycles. The van der Waals surface area contributed by atoms with E-state index in [2.05, 4.69) is 194 Å². The fourth-order valence-electron chi connectivity index (χ4n) is 11.6. The van der Waals surface area contributed by atoms with Crippen LogP contribution in [-0.4, -0.2) is 53.8 Å². The summed E-state index contributed by atoms with van der Waals surface area (Å²) >= 11 is 0. The van der Waals surface area contributed by atoms with Crippen molar-refractivity contribution >= 4 is 65.4 Å². The Morgan fingerprint density at radius 1 is 0.259 bits per heavy atom. The first kappa shape index (κ1) is 45.9. The standard InChI is InChI=1S/C70H43N11/c1-2-16-50(17-3-1)79-67(48-36-38-53-51-18-6-10-26-61(51)80(63(53)42-48)69-73-59-24-8-4-20-55(59)65(75-69)46-32-28-44(29-33-46)57-22-12-14-40-71-57)77-78-68(79)49-37-39-54-52-19-7-11-27-62(52)81(64(54)43-49)70-74-60-25-9-5-21-56(60)66(76-70)47-34-30-45(31-35-47)58-23-13-15-41-72-58/h1-43H. The van der Waals surface area contributed by atoms with Gasteiger partial charge in [0.2, 0.25) is 11.9 Å². The number of fused-ring (bicyclic) bond motifs is 8. The molecule has 0 radical (unpaired) electrons. The lowest BCUT2D eigenvalue weighted by Crippen LogP contribution is -2.04. The molecule has 0 saturated carbocycles. The van der Waals surface area contributed by atoms with E-state index in [-0.39, 0.29) is 0 Å². The Balaban J connectivity index is 0.856. The maximum Gasteiger partial charge on any atom is 0.235 e. The minimum atomic E-state index is 0.566. The normalized spacial score (nSPS) is 11.7. The van der Waals surface area contributed by atoms with Crippen LogP contribution in [0.4, 0.5) is 0 Å². The second-order valence-corrected chi connectivity index (χ2v) is 20.1. The average molecular weight is 1040 g/mol. The number of para-hydroxylation sites is 5. The Hall–Kier alpha value is -11.3. The molecule has 0 spiro atoms. The predicted molar refractivity (Wildman–Crippen MR) is 324 cm³/mol. The van der Waals surface area contributed by atoms with Crippen molar-refractivity contribution in [1.29, 1.82) is 0 Å². The topological polar surface area (TPSA) is 118 Å². The molecule has 7 heterocycles. The van der Waals surface area contributed by atoms with Gasteiger partial charge in [-0.05, 0) is 72.8 Å². The van der Waals surface area contributed by atoms with E-state index in [4.69, 9.17) is 30.1 Å². The molecule has 0 atom stereocenters. The van der Waals surface area contributed by atoms with Crippen LogP contribution < -0.4 is 0 Å². The molecule has 7 aromatic heterocycles. The number of rotatable bonds is 9. The monoisotopic (exact) mass is 1040 g/mol. The Bertz CT molecular complexity index is 4790. The van der Waals surface area contributed by atoms with E-state index in [1.807, 2.05) is 91.3 Å². The molecule has 0 bridgehead atoms. The molecule has 11 heteroatoms. The van der Waals surface area contributed by atoms with Crippen molar-refractivity contribution in [2.24, 2.45) is 0 Å². The van der Waals surface area contributed by atoms with Crippen LogP contribution >= 0.6 is 0 Å². The van der Waals surface area contributed by atoms with Crippen LogP contribution in [0.1, 0.15) is 0 Å².